The molecule has 0 spiro atoms. The lowest BCUT2D eigenvalue weighted by Gasteiger charge is -2.20. The van der Waals surface area contributed by atoms with Crippen molar-refractivity contribution < 1.29 is 31.9 Å². The summed E-state index contributed by atoms with van der Waals surface area (Å²) >= 11 is 0. The van der Waals surface area contributed by atoms with Crippen LogP contribution in [0.2, 0.25) is 0 Å². The Morgan fingerprint density at radius 3 is 2.27 bits per heavy atom. The molecule has 0 aliphatic rings. The summed E-state index contributed by atoms with van der Waals surface area (Å²) in [5, 5.41) is 2.18. The predicted molar refractivity (Wildman–Crippen MR) is 69.5 cm³/mol. The Labute approximate surface area is 124 Å². The summed E-state index contributed by atoms with van der Waals surface area (Å²) in [5.41, 5.74) is -1.94. The second kappa shape index (κ2) is 6.76. The van der Waals surface area contributed by atoms with Crippen LogP contribution in [0.15, 0.2) is 18.2 Å². The molecule has 1 aromatic rings. The minimum atomic E-state index is -4.71. The molecule has 0 heterocycles. The maximum atomic E-state index is 13.6. The van der Waals surface area contributed by atoms with Crippen molar-refractivity contribution in [2.24, 2.45) is 5.92 Å². The predicted octanol–water partition coefficient (Wildman–Crippen LogP) is 2.77. The highest BCUT2D eigenvalue weighted by Gasteiger charge is 2.33. The molecule has 0 fully saturated rings. The molecular weight excluding hydrogens is 306 g/mol. The molecule has 0 aliphatic carbocycles. The molecule has 1 N–H and O–H groups in total. The fraction of sp³-hybridized carbons (Fsp3) is 0.429. The smallest absolute Gasteiger partial charge is 0.416 e. The molecule has 0 saturated carbocycles. The van der Waals surface area contributed by atoms with Crippen LogP contribution in [-0.4, -0.2) is 25.0 Å². The lowest BCUT2D eigenvalue weighted by atomic mass is 10.0. The number of amides is 1. The molecule has 1 amide bonds. The van der Waals surface area contributed by atoms with Crippen LogP contribution in [0.25, 0.3) is 0 Å². The number of nitrogens with one attached hydrogen (secondary N) is 1. The van der Waals surface area contributed by atoms with Gasteiger partial charge in [0.15, 0.2) is 0 Å². The average Bonchev–Trinajstić information content (AvgIpc) is 2.42. The van der Waals surface area contributed by atoms with Gasteiger partial charge in [-0.15, -0.1) is 0 Å². The Balaban J connectivity index is 3.09. The van der Waals surface area contributed by atoms with E-state index in [1.807, 2.05) is 0 Å². The molecule has 0 aliphatic heterocycles. The fourth-order valence-electron chi connectivity index (χ4n) is 1.72. The summed E-state index contributed by atoms with van der Waals surface area (Å²) in [5.74, 6) is -3.38. The van der Waals surface area contributed by atoms with Crippen LogP contribution in [0, 0.1) is 11.7 Å². The quantitative estimate of drug-likeness (QED) is 0.685. The summed E-state index contributed by atoms with van der Waals surface area (Å²) in [7, 11) is 1.11. The molecule has 22 heavy (non-hydrogen) atoms. The number of ether oxygens (including phenoxy) is 1. The molecule has 1 aromatic carbocycles. The summed E-state index contributed by atoms with van der Waals surface area (Å²) in [6.07, 6.45) is -4.71. The molecule has 0 unspecified atom stereocenters. The lowest BCUT2D eigenvalue weighted by molar-refractivity contribution is -0.144. The van der Waals surface area contributed by atoms with Crippen molar-refractivity contribution in [3.8, 4) is 0 Å². The van der Waals surface area contributed by atoms with Crippen molar-refractivity contribution in [3.05, 3.63) is 35.1 Å². The molecular formula is C14H15F4NO3. The molecule has 1 rings (SSSR count). The topological polar surface area (TPSA) is 55.4 Å². The van der Waals surface area contributed by atoms with Gasteiger partial charge in [0.25, 0.3) is 5.91 Å². The van der Waals surface area contributed by atoms with Crippen LogP contribution in [0.3, 0.4) is 0 Å². The van der Waals surface area contributed by atoms with Gasteiger partial charge >= 0.3 is 12.1 Å². The standard InChI is InChI=1S/C14H15F4NO3/c1-7(2)11(13(21)22-3)19-12(20)9-6-8(14(16,17)18)4-5-10(9)15/h4-7,11H,1-3H3,(H,19,20)/t11-/m1/s1. The van der Waals surface area contributed by atoms with Gasteiger partial charge in [-0.3, -0.25) is 4.79 Å². The van der Waals surface area contributed by atoms with Gasteiger partial charge < -0.3 is 10.1 Å². The van der Waals surface area contributed by atoms with E-state index in [2.05, 4.69) is 10.1 Å². The Bertz CT molecular complexity index is 570. The maximum Gasteiger partial charge on any atom is 0.416 e. The summed E-state index contributed by atoms with van der Waals surface area (Å²) in [6.45, 7) is 3.20. The van der Waals surface area contributed by atoms with Crippen molar-refractivity contribution in [2.75, 3.05) is 7.11 Å². The maximum absolute atomic E-state index is 13.6. The van der Waals surface area contributed by atoms with E-state index >= 15 is 0 Å². The van der Waals surface area contributed by atoms with Crippen molar-refractivity contribution in [3.63, 3.8) is 0 Å². The van der Waals surface area contributed by atoms with E-state index in [-0.39, 0.29) is 5.92 Å². The molecule has 0 bridgehead atoms. The van der Waals surface area contributed by atoms with Crippen LogP contribution in [-0.2, 0) is 15.7 Å². The number of benzene rings is 1. The summed E-state index contributed by atoms with van der Waals surface area (Å²) in [6, 6.07) is 0.401. The molecule has 8 heteroatoms. The number of carbonyl (C=O) groups is 2. The van der Waals surface area contributed by atoms with Gasteiger partial charge in [0.1, 0.15) is 11.9 Å². The van der Waals surface area contributed by atoms with E-state index < -0.39 is 41.0 Å². The van der Waals surface area contributed by atoms with E-state index in [1.54, 1.807) is 13.8 Å². The van der Waals surface area contributed by atoms with Gasteiger partial charge in [0.2, 0.25) is 0 Å². The third kappa shape index (κ3) is 4.19. The molecule has 4 nitrogen and oxygen atoms in total. The molecule has 1 atom stereocenters. The largest absolute Gasteiger partial charge is 0.467 e. The Hall–Kier alpha value is -2.12. The van der Waals surface area contributed by atoms with E-state index in [0.717, 1.165) is 7.11 Å². The molecule has 0 radical (unpaired) electrons. The third-order valence-corrected chi connectivity index (χ3v) is 2.95. The number of esters is 1. The highest BCUT2D eigenvalue weighted by atomic mass is 19.4. The lowest BCUT2D eigenvalue weighted by Crippen LogP contribution is -2.45. The molecule has 122 valence electrons. The summed E-state index contributed by atoms with van der Waals surface area (Å²) < 4.78 is 55.9. The van der Waals surface area contributed by atoms with E-state index in [0.29, 0.717) is 18.2 Å². The fourth-order valence-corrected chi connectivity index (χ4v) is 1.72. The SMILES string of the molecule is COC(=O)[C@H](NC(=O)c1cc(C(F)(F)F)ccc1F)C(C)C. The number of hydrogen-bond acceptors (Lipinski definition) is 3. The normalized spacial score (nSPS) is 12.9. The van der Waals surface area contributed by atoms with E-state index in [9.17, 15) is 27.2 Å². The number of methoxy groups -OCH3 is 1. The van der Waals surface area contributed by atoms with Crippen LogP contribution in [0.1, 0.15) is 29.8 Å². The van der Waals surface area contributed by atoms with Crippen LogP contribution in [0.4, 0.5) is 17.6 Å². The Kier molecular flexibility index (Phi) is 5.51. The zero-order valence-electron chi connectivity index (χ0n) is 12.1. The second-order valence-corrected chi connectivity index (χ2v) is 4.91. The monoisotopic (exact) mass is 321 g/mol. The summed E-state index contributed by atoms with van der Waals surface area (Å²) in [4.78, 5) is 23.5. The van der Waals surface area contributed by atoms with Crippen LogP contribution < -0.4 is 5.32 Å². The highest BCUT2D eigenvalue weighted by Crippen LogP contribution is 2.30. The van der Waals surface area contributed by atoms with E-state index in [1.165, 1.54) is 0 Å². The van der Waals surface area contributed by atoms with Gasteiger partial charge in [-0.25, -0.2) is 9.18 Å². The Morgan fingerprint density at radius 2 is 1.82 bits per heavy atom. The highest BCUT2D eigenvalue weighted by molar-refractivity contribution is 5.97. The van der Waals surface area contributed by atoms with E-state index in [4.69, 9.17) is 0 Å². The number of carbonyl (C=O) groups excluding carboxylic acids is 2. The molecule has 0 saturated heterocycles. The number of halogens is 4. The first-order valence-corrected chi connectivity index (χ1v) is 6.33. The first-order valence-electron chi connectivity index (χ1n) is 6.33. The van der Waals surface area contributed by atoms with Gasteiger partial charge in [0.05, 0.1) is 18.2 Å². The zero-order valence-corrected chi connectivity index (χ0v) is 12.1. The third-order valence-electron chi connectivity index (χ3n) is 2.95. The van der Waals surface area contributed by atoms with Crippen molar-refractivity contribution in [1.29, 1.82) is 0 Å². The first kappa shape index (κ1) is 17.9. The number of hydrogen-bond donors (Lipinski definition) is 1. The van der Waals surface area contributed by atoms with Crippen molar-refractivity contribution in [1.82, 2.24) is 5.32 Å². The van der Waals surface area contributed by atoms with Crippen molar-refractivity contribution in [2.45, 2.75) is 26.1 Å². The van der Waals surface area contributed by atoms with Crippen LogP contribution in [0.5, 0.6) is 0 Å². The zero-order chi connectivity index (χ0) is 17.1. The van der Waals surface area contributed by atoms with Gasteiger partial charge in [-0.2, -0.15) is 13.2 Å². The minimum Gasteiger partial charge on any atom is -0.467 e. The number of rotatable bonds is 4. The van der Waals surface area contributed by atoms with Crippen LogP contribution >= 0.6 is 0 Å². The van der Waals surface area contributed by atoms with Gasteiger partial charge in [-0.1, -0.05) is 13.8 Å². The Morgan fingerprint density at radius 1 is 1.23 bits per heavy atom. The molecule has 0 aromatic heterocycles. The average molecular weight is 321 g/mol. The van der Waals surface area contributed by atoms with Crippen molar-refractivity contribution >= 4 is 11.9 Å². The minimum absolute atomic E-state index is 0.384. The number of alkyl halides is 3. The second-order valence-electron chi connectivity index (χ2n) is 4.91. The van der Waals surface area contributed by atoms with Gasteiger partial charge in [-0.05, 0) is 24.1 Å². The van der Waals surface area contributed by atoms with Gasteiger partial charge in [0, 0.05) is 0 Å². The first-order chi connectivity index (χ1) is 10.1.